The largest absolute Gasteiger partial charge is 0.312 e. The molecule has 0 saturated carbocycles. The molecule has 4 nitrogen and oxygen atoms in total. The highest BCUT2D eigenvalue weighted by atomic mass is 32.1. The summed E-state index contributed by atoms with van der Waals surface area (Å²) in [6, 6.07) is 5.98. The summed E-state index contributed by atoms with van der Waals surface area (Å²) >= 11 is 1.64. The van der Waals surface area contributed by atoms with Crippen molar-refractivity contribution in [3.8, 4) is 10.7 Å². The van der Waals surface area contributed by atoms with Gasteiger partial charge in [-0.3, -0.25) is 4.98 Å². The quantitative estimate of drug-likeness (QED) is 0.859. The van der Waals surface area contributed by atoms with E-state index in [4.69, 9.17) is 0 Å². The molecule has 0 spiro atoms. The fourth-order valence-corrected chi connectivity index (χ4v) is 2.67. The average Bonchev–Trinajstić information content (AvgIpc) is 2.82. The van der Waals surface area contributed by atoms with Gasteiger partial charge in [-0.05, 0) is 52.8 Å². The third-order valence-corrected chi connectivity index (χ3v) is 3.80. The van der Waals surface area contributed by atoms with Gasteiger partial charge in [-0.25, -0.2) is 0 Å². The van der Waals surface area contributed by atoms with Gasteiger partial charge in [0.05, 0.1) is 0 Å². The summed E-state index contributed by atoms with van der Waals surface area (Å²) in [6.07, 6.45) is 2.04. The van der Waals surface area contributed by atoms with Gasteiger partial charge in [0.25, 0.3) is 0 Å². The molecule has 2 rings (SSSR count). The summed E-state index contributed by atoms with van der Waals surface area (Å²) in [5.74, 6) is 0. The maximum atomic E-state index is 4.48. The van der Waals surface area contributed by atoms with Crippen LogP contribution in [0.5, 0.6) is 0 Å². The lowest BCUT2D eigenvalue weighted by atomic mass is 10.1. The Balaban J connectivity index is 1.90. The van der Waals surface area contributed by atoms with Crippen molar-refractivity contribution in [3.05, 3.63) is 28.9 Å². The molecule has 2 aromatic heterocycles. The van der Waals surface area contributed by atoms with Crippen LogP contribution in [0.25, 0.3) is 10.7 Å². The zero-order valence-electron chi connectivity index (χ0n) is 12.6. The van der Waals surface area contributed by atoms with Crippen molar-refractivity contribution >= 4 is 11.3 Å². The number of pyridine rings is 1. The first-order chi connectivity index (χ1) is 9.44. The summed E-state index contributed by atoms with van der Waals surface area (Å²) < 4.78 is 0. The van der Waals surface area contributed by atoms with E-state index < -0.39 is 0 Å². The maximum Gasteiger partial charge on any atom is 0.166 e. The number of nitrogens with one attached hydrogen (secondary N) is 1. The van der Waals surface area contributed by atoms with Gasteiger partial charge in [0.2, 0.25) is 0 Å². The van der Waals surface area contributed by atoms with Crippen LogP contribution in [0.4, 0.5) is 0 Å². The van der Waals surface area contributed by atoms with E-state index in [1.807, 2.05) is 25.1 Å². The lowest BCUT2D eigenvalue weighted by Crippen LogP contribution is -2.36. The second-order valence-corrected chi connectivity index (χ2v) is 7.01. The van der Waals surface area contributed by atoms with Crippen LogP contribution in [-0.2, 0) is 6.42 Å². The van der Waals surface area contributed by atoms with Crippen molar-refractivity contribution in [2.75, 3.05) is 6.54 Å². The monoisotopic (exact) mass is 290 g/mol. The zero-order valence-corrected chi connectivity index (χ0v) is 13.4. The first kappa shape index (κ1) is 15.1. The molecule has 5 heteroatoms. The molecule has 0 bridgehead atoms. The van der Waals surface area contributed by atoms with Gasteiger partial charge in [0, 0.05) is 17.7 Å². The first-order valence-electron chi connectivity index (χ1n) is 6.95. The molecule has 0 aromatic carbocycles. The van der Waals surface area contributed by atoms with Crippen molar-refractivity contribution in [1.29, 1.82) is 0 Å². The molecule has 0 unspecified atom stereocenters. The van der Waals surface area contributed by atoms with Gasteiger partial charge >= 0.3 is 0 Å². The highest BCUT2D eigenvalue weighted by Crippen LogP contribution is 2.22. The predicted molar refractivity (Wildman–Crippen MR) is 84.0 cm³/mol. The van der Waals surface area contributed by atoms with E-state index in [9.17, 15) is 0 Å². The standard InChI is InChI=1S/C15H22N4S/c1-11-7-5-8-12(17-11)14-19-18-13(20-14)9-6-10-16-15(2,3)4/h5,7-8,16H,6,9-10H2,1-4H3. The Labute approximate surface area is 124 Å². The van der Waals surface area contributed by atoms with Gasteiger partial charge in [-0.15, -0.1) is 10.2 Å². The number of hydrogen-bond acceptors (Lipinski definition) is 5. The van der Waals surface area contributed by atoms with Crippen LogP contribution >= 0.6 is 11.3 Å². The van der Waals surface area contributed by atoms with Crippen molar-refractivity contribution in [1.82, 2.24) is 20.5 Å². The van der Waals surface area contributed by atoms with Gasteiger partial charge in [-0.2, -0.15) is 0 Å². The molecule has 1 N–H and O–H groups in total. The van der Waals surface area contributed by atoms with Crippen LogP contribution in [0.15, 0.2) is 18.2 Å². The average molecular weight is 290 g/mol. The third kappa shape index (κ3) is 4.65. The summed E-state index contributed by atoms with van der Waals surface area (Å²) in [5, 5.41) is 14.0. The Morgan fingerprint density at radius 2 is 2.00 bits per heavy atom. The Morgan fingerprint density at radius 3 is 2.70 bits per heavy atom. The lowest BCUT2D eigenvalue weighted by Gasteiger charge is -2.20. The van der Waals surface area contributed by atoms with Crippen LogP contribution < -0.4 is 5.32 Å². The zero-order chi connectivity index (χ0) is 14.6. The minimum atomic E-state index is 0.178. The molecule has 0 aliphatic rings. The van der Waals surface area contributed by atoms with Crippen molar-refractivity contribution in [2.24, 2.45) is 0 Å². The third-order valence-electron chi connectivity index (χ3n) is 2.80. The fourth-order valence-electron chi connectivity index (χ4n) is 1.82. The molecule has 0 radical (unpaired) electrons. The molecule has 0 atom stereocenters. The number of nitrogens with zero attached hydrogens (tertiary/aromatic N) is 3. The van der Waals surface area contributed by atoms with E-state index in [0.29, 0.717) is 0 Å². The number of aromatic nitrogens is 3. The Bertz CT molecular complexity index is 557. The van der Waals surface area contributed by atoms with E-state index >= 15 is 0 Å². The molecule has 0 aliphatic carbocycles. The molecule has 0 fully saturated rings. The van der Waals surface area contributed by atoms with Gasteiger partial charge in [-0.1, -0.05) is 17.4 Å². The molecular weight excluding hydrogens is 268 g/mol. The van der Waals surface area contributed by atoms with E-state index in [1.54, 1.807) is 11.3 Å². The van der Waals surface area contributed by atoms with Crippen LogP contribution in [0.2, 0.25) is 0 Å². The van der Waals surface area contributed by atoms with E-state index in [0.717, 1.165) is 40.8 Å². The molecular formula is C15H22N4S. The Hall–Kier alpha value is -1.33. The maximum absolute atomic E-state index is 4.48. The highest BCUT2D eigenvalue weighted by Gasteiger charge is 2.10. The first-order valence-corrected chi connectivity index (χ1v) is 7.77. The molecule has 2 aromatic rings. The molecule has 0 aliphatic heterocycles. The van der Waals surface area contributed by atoms with Crippen LogP contribution in [0.1, 0.15) is 37.9 Å². The van der Waals surface area contributed by atoms with Crippen molar-refractivity contribution in [2.45, 2.75) is 46.1 Å². The molecule has 2 heterocycles. The Morgan fingerprint density at radius 1 is 1.20 bits per heavy atom. The molecule has 0 saturated heterocycles. The van der Waals surface area contributed by atoms with Crippen molar-refractivity contribution in [3.63, 3.8) is 0 Å². The highest BCUT2D eigenvalue weighted by molar-refractivity contribution is 7.14. The van der Waals surface area contributed by atoms with Crippen LogP contribution in [-0.4, -0.2) is 27.3 Å². The minimum Gasteiger partial charge on any atom is -0.312 e. The fraction of sp³-hybridized carbons (Fsp3) is 0.533. The predicted octanol–water partition coefficient (Wildman–Crippen LogP) is 3.23. The summed E-state index contributed by atoms with van der Waals surface area (Å²) in [5.41, 5.74) is 2.10. The van der Waals surface area contributed by atoms with Crippen LogP contribution in [0, 0.1) is 6.92 Å². The van der Waals surface area contributed by atoms with Crippen molar-refractivity contribution < 1.29 is 0 Å². The SMILES string of the molecule is Cc1cccc(-c2nnc(CCCNC(C)(C)C)s2)n1. The summed E-state index contributed by atoms with van der Waals surface area (Å²) in [6.45, 7) is 9.53. The number of aryl methyl sites for hydroxylation is 2. The van der Waals surface area contributed by atoms with E-state index in [-0.39, 0.29) is 5.54 Å². The van der Waals surface area contributed by atoms with Gasteiger partial charge < -0.3 is 5.32 Å². The van der Waals surface area contributed by atoms with E-state index in [1.165, 1.54) is 0 Å². The van der Waals surface area contributed by atoms with Gasteiger partial charge in [0.15, 0.2) is 5.01 Å². The molecule has 0 amide bonds. The number of rotatable bonds is 5. The Kier molecular flexibility index (Phi) is 4.83. The normalized spacial score (nSPS) is 11.8. The second kappa shape index (κ2) is 6.41. The van der Waals surface area contributed by atoms with E-state index in [2.05, 4.69) is 41.3 Å². The number of hydrogen-bond donors (Lipinski definition) is 1. The topological polar surface area (TPSA) is 50.7 Å². The summed E-state index contributed by atoms with van der Waals surface area (Å²) in [4.78, 5) is 4.48. The second-order valence-electron chi connectivity index (χ2n) is 5.95. The smallest absolute Gasteiger partial charge is 0.166 e. The summed E-state index contributed by atoms with van der Waals surface area (Å²) in [7, 11) is 0. The molecule has 108 valence electrons. The minimum absolute atomic E-state index is 0.178. The molecule has 20 heavy (non-hydrogen) atoms. The van der Waals surface area contributed by atoms with Crippen LogP contribution in [0.3, 0.4) is 0 Å². The van der Waals surface area contributed by atoms with Gasteiger partial charge in [0.1, 0.15) is 10.7 Å². The lowest BCUT2D eigenvalue weighted by molar-refractivity contribution is 0.422.